The summed E-state index contributed by atoms with van der Waals surface area (Å²) >= 11 is 11.4. The van der Waals surface area contributed by atoms with Crippen molar-refractivity contribution in [3.05, 3.63) is 22.2 Å². The Bertz CT molecular complexity index is 590. The maximum Gasteiger partial charge on any atom is 0.389 e. The van der Waals surface area contributed by atoms with Crippen LogP contribution in [-0.2, 0) is 10.0 Å². The Morgan fingerprint density at radius 3 is 2.30 bits per heavy atom. The third kappa shape index (κ3) is 5.35. The lowest BCUT2D eigenvalue weighted by Crippen LogP contribution is -2.13. The normalized spacial score (nSPS) is 12.5. The van der Waals surface area contributed by atoms with Crippen molar-refractivity contribution in [1.82, 2.24) is 0 Å². The minimum atomic E-state index is -4.26. The van der Waals surface area contributed by atoms with Crippen molar-refractivity contribution < 1.29 is 26.3 Å². The molecule has 1 aromatic rings. The van der Waals surface area contributed by atoms with Crippen LogP contribution in [0.1, 0.15) is 12.8 Å². The number of primary sulfonamides is 1. The molecule has 0 amide bonds. The smallest absolute Gasteiger partial charge is 0.389 e. The van der Waals surface area contributed by atoms with Gasteiger partial charge in [0.25, 0.3) is 0 Å². The van der Waals surface area contributed by atoms with Crippen LogP contribution in [0.15, 0.2) is 17.0 Å². The maximum atomic E-state index is 11.9. The molecule has 20 heavy (non-hydrogen) atoms. The van der Waals surface area contributed by atoms with Crippen molar-refractivity contribution in [2.45, 2.75) is 23.9 Å². The zero-order valence-corrected chi connectivity index (χ0v) is 12.2. The molecule has 0 saturated carbocycles. The molecule has 1 aromatic carbocycles. The molecule has 0 saturated heterocycles. The van der Waals surface area contributed by atoms with Crippen molar-refractivity contribution in [1.29, 1.82) is 0 Å². The Balaban J connectivity index is 2.76. The Hall–Kier alpha value is -0.700. The lowest BCUT2D eigenvalue weighted by Gasteiger charge is -2.11. The van der Waals surface area contributed by atoms with Crippen LogP contribution in [-0.4, -0.2) is 21.2 Å². The fraction of sp³-hybridized carbons (Fsp3) is 0.400. The van der Waals surface area contributed by atoms with Gasteiger partial charge in [0.15, 0.2) is 0 Å². The molecule has 2 N–H and O–H groups in total. The van der Waals surface area contributed by atoms with Crippen molar-refractivity contribution >= 4 is 33.2 Å². The fourth-order valence-electron chi connectivity index (χ4n) is 1.29. The molecule has 0 unspecified atom stereocenters. The van der Waals surface area contributed by atoms with E-state index in [0.717, 1.165) is 12.1 Å². The van der Waals surface area contributed by atoms with Gasteiger partial charge in [-0.1, -0.05) is 23.2 Å². The summed E-state index contributed by atoms with van der Waals surface area (Å²) in [7, 11) is -4.04. The Labute approximate surface area is 123 Å². The molecule has 0 spiro atoms. The van der Waals surface area contributed by atoms with Crippen molar-refractivity contribution in [2.75, 3.05) is 6.61 Å². The monoisotopic (exact) mass is 351 g/mol. The van der Waals surface area contributed by atoms with Gasteiger partial charge in [-0.15, -0.1) is 0 Å². The Morgan fingerprint density at radius 1 is 1.20 bits per heavy atom. The van der Waals surface area contributed by atoms with E-state index in [2.05, 4.69) is 0 Å². The molecule has 0 aliphatic heterocycles. The van der Waals surface area contributed by atoms with Gasteiger partial charge in [-0.25, -0.2) is 13.6 Å². The second kappa shape index (κ2) is 6.38. The average molecular weight is 352 g/mol. The van der Waals surface area contributed by atoms with Crippen LogP contribution < -0.4 is 9.88 Å². The molecule has 0 atom stereocenters. The molecule has 10 heteroatoms. The number of hydrogen-bond acceptors (Lipinski definition) is 3. The summed E-state index contributed by atoms with van der Waals surface area (Å²) in [5.74, 6) is -0.00811. The minimum Gasteiger partial charge on any atom is -0.492 e. The summed E-state index contributed by atoms with van der Waals surface area (Å²) in [4.78, 5) is -0.383. The zero-order chi connectivity index (χ0) is 15.6. The van der Waals surface area contributed by atoms with Gasteiger partial charge in [0, 0.05) is 12.5 Å². The first kappa shape index (κ1) is 17.4. The fourth-order valence-corrected chi connectivity index (χ4v) is 2.67. The van der Waals surface area contributed by atoms with E-state index in [-0.39, 0.29) is 33.7 Å². The highest BCUT2D eigenvalue weighted by molar-refractivity contribution is 7.89. The van der Waals surface area contributed by atoms with Gasteiger partial charge in [0.2, 0.25) is 10.0 Å². The van der Waals surface area contributed by atoms with E-state index in [4.69, 9.17) is 33.1 Å². The standard InChI is InChI=1S/C10H10Cl2F3NO3S/c11-6-5-9(20(16,17)18)7(12)4-8(6)19-3-1-2-10(13,14)15/h4-5H,1-3H2,(H2,16,17,18). The Morgan fingerprint density at radius 2 is 1.80 bits per heavy atom. The van der Waals surface area contributed by atoms with E-state index >= 15 is 0 Å². The molecule has 0 aromatic heterocycles. The number of rotatable bonds is 5. The predicted molar refractivity (Wildman–Crippen MR) is 68.6 cm³/mol. The molecule has 0 aliphatic rings. The number of nitrogens with two attached hydrogens (primary N) is 1. The van der Waals surface area contributed by atoms with Crippen LogP contribution >= 0.6 is 23.2 Å². The summed E-state index contributed by atoms with van der Waals surface area (Å²) in [5, 5.41) is 4.58. The molecule has 0 heterocycles. The highest BCUT2D eigenvalue weighted by atomic mass is 35.5. The van der Waals surface area contributed by atoms with Gasteiger partial charge in [0.05, 0.1) is 16.7 Å². The first-order valence-electron chi connectivity index (χ1n) is 5.22. The first-order chi connectivity index (χ1) is 9.00. The first-order valence-corrected chi connectivity index (χ1v) is 7.52. The molecule has 0 aliphatic carbocycles. The maximum absolute atomic E-state index is 11.9. The SMILES string of the molecule is NS(=O)(=O)c1cc(Cl)c(OCCCC(F)(F)F)cc1Cl. The predicted octanol–water partition coefficient (Wildman–Crippen LogP) is 3.36. The summed E-state index contributed by atoms with van der Waals surface area (Å²) < 4.78 is 63.1. The number of halogens is 5. The Kier molecular flexibility index (Phi) is 5.54. The molecule has 1 rings (SSSR count). The van der Waals surface area contributed by atoms with Gasteiger partial charge in [-0.2, -0.15) is 13.2 Å². The van der Waals surface area contributed by atoms with Crippen molar-refractivity contribution in [2.24, 2.45) is 5.14 Å². The van der Waals surface area contributed by atoms with E-state index in [0.29, 0.717) is 0 Å². The van der Waals surface area contributed by atoms with Crippen LogP contribution in [0.2, 0.25) is 10.0 Å². The number of alkyl halides is 3. The van der Waals surface area contributed by atoms with Gasteiger partial charge < -0.3 is 4.74 Å². The topological polar surface area (TPSA) is 69.4 Å². The largest absolute Gasteiger partial charge is 0.492 e. The van der Waals surface area contributed by atoms with E-state index in [1.54, 1.807) is 0 Å². The van der Waals surface area contributed by atoms with Crippen LogP contribution in [0.4, 0.5) is 13.2 Å². The van der Waals surface area contributed by atoms with E-state index in [1.165, 1.54) is 0 Å². The molecule has 0 fully saturated rings. The number of hydrogen-bond donors (Lipinski definition) is 1. The quantitative estimate of drug-likeness (QED) is 0.826. The molecule has 114 valence electrons. The molecule has 0 bridgehead atoms. The lowest BCUT2D eigenvalue weighted by molar-refractivity contribution is -0.136. The summed E-state index contributed by atoms with van der Waals surface area (Å²) in [5.41, 5.74) is 0. The van der Waals surface area contributed by atoms with Crippen LogP contribution in [0.3, 0.4) is 0 Å². The molecule has 4 nitrogen and oxygen atoms in total. The van der Waals surface area contributed by atoms with Crippen molar-refractivity contribution in [3.8, 4) is 5.75 Å². The van der Waals surface area contributed by atoms with E-state index in [9.17, 15) is 21.6 Å². The number of benzene rings is 1. The highest BCUT2D eigenvalue weighted by Crippen LogP contribution is 2.33. The molecule has 0 radical (unpaired) electrons. The third-order valence-electron chi connectivity index (χ3n) is 2.16. The highest BCUT2D eigenvalue weighted by Gasteiger charge is 2.26. The zero-order valence-electron chi connectivity index (χ0n) is 9.88. The second-order valence-corrected chi connectivity index (χ2v) is 6.17. The van der Waals surface area contributed by atoms with Gasteiger partial charge >= 0.3 is 6.18 Å². The summed E-state index contributed by atoms with van der Waals surface area (Å²) in [6.07, 6.45) is -5.51. The van der Waals surface area contributed by atoms with E-state index < -0.39 is 22.6 Å². The summed E-state index contributed by atoms with van der Waals surface area (Å²) in [6, 6.07) is 2.08. The minimum absolute atomic E-state index is 0.00811. The van der Waals surface area contributed by atoms with Gasteiger partial charge in [0.1, 0.15) is 10.6 Å². The summed E-state index contributed by atoms with van der Waals surface area (Å²) in [6.45, 7) is -0.232. The van der Waals surface area contributed by atoms with Crippen LogP contribution in [0.5, 0.6) is 5.75 Å². The third-order valence-corrected chi connectivity index (χ3v) is 3.83. The average Bonchev–Trinajstić information content (AvgIpc) is 2.25. The van der Waals surface area contributed by atoms with E-state index in [1.807, 2.05) is 0 Å². The molecular formula is C10H10Cl2F3NO3S. The number of sulfonamides is 1. The second-order valence-electron chi connectivity index (χ2n) is 3.83. The van der Waals surface area contributed by atoms with Crippen molar-refractivity contribution in [3.63, 3.8) is 0 Å². The number of ether oxygens (including phenoxy) is 1. The molecular weight excluding hydrogens is 342 g/mol. The lowest BCUT2D eigenvalue weighted by atomic mass is 10.3. The van der Waals surface area contributed by atoms with Gasteiger partial charge in [-0.05, 0) is 12.5 Å². The van der Waals surface area contributed by atoms with Crippen LogP contribution in [0.25, 0.3) is 0 Å². The van der Waals surface area contributed by atoms with Crippen LogP contribution in [0, 0.1) is 0 Å². The van der Waals surface area contributed by atoms with Gasteiger partial charge in [-0.3, -0.25) is 0 Å².